The van der Waals surface area contributed by atoms with Crippen LogP contribution < -0.4 is 5.73 Å². The molecule has 1 saturated heterocycles. The monoisotopic (exact) mass is 190 g/mol. The van der Waals surface area contributed by atoms with Gasteiger partial charge >= 0.3 is 0 Å². The van der Waals surface area contributed by atoms with E-state index >= 15 is 0 Å². The number of hydrogen-bond donors (Lipinski definition) is 1. The zero-order valence-corrected chi connectivity index (χ0v) is 7.68. The van der Waals surface area contributed by atoms with Crippen molar-refractivity contribution >= 4 is 0 Å². The van der Waals surface area contributed by atoms with Crippen LogP contribution in [0.5, 0.6) is 0 Å². The molecule has 2 rings (SSSR count). The molecule has 2 aliphatic rings. The summed E-state index contributed by atoms with van der Waals surface area (Å²) in [5.74, 6) is -2.67. The average Bonchev–Trinajstić information content (AvgIpc) is 1.92. The molecular weight excluding hydrogens is 174 g/mol. The van der Waals surface area contributed by atoms with Crippen molar-refractivity contribution in [1.82, 2.24) is 4.90 Å². The van der Waals surface area contributed by atoms with Crippen LogP contribution in [0.2, 0.25) is 0 Å². The van der Waals surface area contributed by atoms with E-state index in [-0.39, 0.29) is 6.54 Å². The van der Waals surface area contributed by atoms with Gasteiger partial charge in [-0.3, -0.25) is 4.90 Å². The number of rotatable bonds is 1. The summed E-state index contributed by atoms with van der Waals surface area (Å²) in [5, 5.41) is 0. The van der Waals surface area contributed by atoms with Gasteiger partial charge < -0.3 is 5.73 Å². The molecule has 0 radical (unpaired) electrons. The van der Waals surface area contributed by atoms with Crippen LogP contribution >= 0.6 is 0 Å². The summed E-state index contributed by atoms with van der Waals surface area (Å²) in [6.07, 6.45) is 3.80. The highest BCUT2D eigenvalue weighted by atomic mass is 19.3. The Balaban J connectivity index is 1.94. The highest BCUT2D eigenvalue weighted by Crippen LogP contribution is 2.32. The molecule has 1 atom stereocenters. The van der Waals surface area contributed by atoms with Gasteiger partial charge in [-0.05, 0) is 19.3 Å². The van der Waals surface area contributed by atoms with E-state index in [4.69, 9.17) is 5.73 Å². The zero-order valence-electron chi connectivity index (χ0n) is 7.68. The van der Waals surface area contributed by atoms with Gasteiger partial charge in [0, 0.05) is 12.6 Å². The lowest BCUT2D eigenvalue weighted by atomic mass is 9.88. The topological polar surface area (TPSA) is 29.3 Å². The Morgan fingerprint density at radius 3 is 2.38 bits per heavy atom. The lowest BCUT2D eigenvalue weighted by Crippen LogP contribution is -2.58. The van der Waals surface area contributed by atoms with Crippen LogP contribution in [0.15, 0.2) is 0 Å². The number of nitrogens with zero attached hydrogens (tertiary/aromatic N) is 1. The van der Waals surface area contributed by atoms with Gasteiger partial charge in [-0.15, -0.1) is 0 Å². The summed E-state index contributed by atoms with van der Waals surface area (Å²) in [6.45, 7) is 0.625. The second kappa shape index (κ2) is 3.17. The van der Waals surface area contributed by atoms with E-state index in [0.29, 0.717) is 12.5 Å². The Bertz CT molecular complexity index is 192. The van der Waals surface area contributed by atoms with Crippen LogP contribution in [-0.2, 0) is 0 Å². The van der Waals surface area contributed by atoms with Crippen molar-refractivity contribution in [2.45, 2.75) is 43.7 Å². The van der Waals surface area contributed by atoms with E-state index in [1.807, 2.05) is 4.90 Å². The summed E-state index contributed by atoms with van der Waals surface area (Å²) in [4.78, 5) is 1.91. The van der Waals surface area contributed by atoms with E-state index in [1.165, 1.54) is 6.42 Å². The van der Waals surface area contributed by atoms with E-state index in [2.05, 4.69) is 0 Å². The third-order valence-electron chi connectivity index (χ3n) is 3.27. The number of piperidine rings is 1. The highest BCUT2D eigenvalue weighted by molar-refractivity contribution is 4.93. The zero-order chi connectivity index (χ0) is 9.47. The molecule has 1 aliphatic carbocycles. The summed E-state index contributed by atoms with van der Waals surface area (Å²) in [7, 11) is 0. The van der Waals surface area contributed by atoms with Crippen LogP contribution in [0.1, 0.15) is 25.7 Å². The fraction of sp³-hybridized carbons (Fsp3) is 1.00. The molecule has 1 aliphatic heterocycles. The summed E-state index contributed by atoms with van der Waals surface area (Å²) in [5.41, 5.74) is 5.36. The van der Waals surface area contributed by atoms with Gasteiger partial charge in [-0.1, -0.05) is 6.42 Å². The van der Waals surface area contributed by atoms with Gasteiger partial charge in [0.2, 0.25) is 0 Å². The minimum atomic E-state index is -2.67. The first kappa shape index (κ1) is 9.34. The van der Waals surface area contributed by atoms with Gasteiger partial charge in [0.15, 0.2) is 0 Å². The molecule has 0 aromatic rings. The normalized spacial score (nSPS) is 35.8. The van der Waals surface area contributed by atoms with Crippen molar-refractivity contribution in [2.24, 2.45) is 5.73 Å². The molecule has 0 aromatic carbocycles. The van der Waals surface area contributed by atoms with Crippen molar-refractivity contribution < 1.29 is 8.78 Å². The second-order valence-electron chi connectivity index (χ2n) is 4.21. The molecule has 1 heterocycles. The smallest absolute Gasteiger partial charge is 0.275 e. The number of alkyl halides is 2. The van der Waals surface area contributed by atoms with Crippen LogP contribution in [0.3, 0.4) is 0 Å². The minimum absolute atomic E-state index is 0.126. The molecule has 0 amide bonds. The largest absolute Gasteiger partial charge is 0.323 e. The van der Waals surface area contributed by atoms with E-state index in [0.717, 1.165) is 19.4 Å². The molecule has 1 saturated carbocycles. The predicted molar refractivity (Wildman–Crippen MR) is 46.8 cm³/mol. The molecule has 0 bridgehead atoms. The number of hydrogen-bond acceptors (Lipinski definition) is 2. The maximum atomic E-state index is 13.2. The first-order chi connectivity index (χ1) is 6.09. The lowest BCUT2D eigenvalue weighted by Gasteiger charge is -2.44. The van der Waals surface area contributed by atoms with Crippen LogP contribution in [0, 0.1) is 0 Å². The van der Waals surface area contributed by atoms with Gasteiger partial charge in [0.1, 0.15) is 0 Å². The molecule has 2 nitrogen and oxygen atoms in total. The molecule has 0 spiro atoms. The fourth-order valence-corrected chi connectivity index (χ4v) is 2.05. The van der Waals surface area contributed by atoms with Crippen molar-refractivity contribution in [2.75, 3.05) is 13.1 Å². The number of likely N-dealkylation sites (tertiary alicyclic amines) is 1. The third-order valence-corrected chi connectivity index (χ3v) is 3.27. The quantitative estimate of drug-likeness (QED) is 0.673. The van der Waals surface area contributed by atoms with Gasteiger partial charge in [0.25, 0.3) is 5.92 Å². The molecule has 2 N–H and O–H groups in total. The predicted octanol–water partition coefficient (Wildman–Crippen LogP) is 1.21. The Hall–Kier alpha value is -0.220. The molecule has 2 fully saturated rings. The molecule has 1 unspecified atom stereocenters. The maximum absolute atomic E-state index is 13.2. The van der Waals surface area contributed by atoms with E-state index in [9.17, 15) is 8.78 Å². The van der Waals surface area contributed by atoms with Crippen molar-refractivity contribution in [3.8, 4) is 0 Å². The molecular formula is C9H16F2N2. The SMILES string of the molecule is NC1CCN(C2CCC2)CC1(F)F. The first-order valence-corrected chi connectivity index (χ1v) is 4.97. The standard InChI is InChI=1S/C9H16F2N2/c10-9(11)6-13(5-4-8(9)12)7-2-1-3-7/h7-8H,1-6,12H2. The highest BCUT2D eigenvalue weighted by Gasteiger charge is 2.44. The number of nitrogens with two attached hydrogens (primary N) is 1. The molecule has 0 aromatic heterocycles. The van der Waals surface area contributed by atoms with Gasteiger partial charge in [-0.2, -0.15) is 0 Å². The Kier molecular flexibility index (Phi) is 2.28. The average molecular weight is 190 g/mol. The minimum Gasteiger partial charge on any atom is -0.323 e. The third kappa shape index (κ3) is 1.70. The van der Waals surface area contributed by atoms with Crippen LogP contribution in [-0.4, -0.2) is 36.0 Å². The van der Waals surface area contributed by atoms with Crippen LogP contribution in [0.25, 0.3) is 0 Å². The molecule has 4 heteroatoms. The summed E-state index contributed by atoms with van der Waals surface area (Å²) < 4.78 is 26.4. The number of halogens is 2. The van der Waals surface area contributed by atoms with Gasteiger partial charge in [-0.25, -0.2) is 8.78 Å². The Morgan fingerprint density at radius 2 is 1.92 bits per heavy atom. The Labute approximate surface area is 77.1 Å². The summed E-state index contributed by atoms with van der Waals surface area (Å²) in [6, 6.07) is -0.512. The van der Waals surface area contributed by atoms with E-state index in [1.54, 1.807) is 0 Å². The fourth-order valence-electron chi connectivity index (χ4n) is 2.05. The Morgan fingerprint density at radius 1 is 1.23 bits per heavy atom. The summed E-state index contributed by atoms with van der Waals surface area (Å²) >= 11 is 0. The van der Waals surface area contributed by atoms with Crippen molar-refractivity contribution in [3.05, 3.63) is 0 Å². The molecule has 76 valence electrons. The second-order valence-corrected chi connectivity index (χ2v) is 4.21. The maximum Gasteiger partial charge on any atom is 0.275 e. The lowest BCUT2D eigenvalue weighted by molar-refractivity contribution is -0.0971. The van der Waals surface area contributed by atoms with E-state index < -0.39 is 12.0 Å². The van der Waals surface area contributed by atoms with Gasteiger partial charge in [0.05, 0.1) is 12.6 Å². The van der Waals surface area contributed by atoms with Crippen LogP contribution in [0.4, 0.5) is 8.78 Å². The molecule has 13 heavy (non-hydrogen) atoms. The first-order valence-electron chi connectivity index (χ1n) is 4.97. The van der Waals surface area contributed by atoms with Crippen molar-refractivity contribution in [1.29, 1.82) is 0 Å². The van der Waals surface area contributed by atoms with Crippen molar-refractivity contribution in [3.63, 3.8) is 0 Å².